The van der Waals surface area contributed by atoms with E-state index in [1.54, 1.807) is 16.7 Å². The molecular formula is C19H23N5O2S2. The van der Waals surface area contributed by atoms with Gasteiger partial charge in [0.1, 0.15) is 4.88 Å². The minimum absolute atomic E-state index is 0.0447. The molecule has 3 aromatic heterocycles. The topological polar surface area (TPSA) is 70.8 Å². The Morgan fingerprint density at radius 2 is 1.96 bits per heavy atom. The van der Waals surface area contributed by atoms with Gasteiger partial charge in [0.25, 0.3) is 11.5 Å². The number of carbonyl (C=O) groups excluding carboxylic acids is 1. The number of nitrogens with zero attached hydrogens (tertiary/aromatic N) is 5. The van der Waals surface area contributed by atoms with Gasteiger partial charge < -0.3 is 4.90 Å². The first kappa shape index (κ1) is 19.2. The number of hydrogen-bond acceptors (Lipinski definition) is 7. The van der Waals surface area contributed by atoms with E-state index in [1.807, 2.05) is 17.2 Å². The summed E-state index contributed by atoms with van der Waals surface area (Å²) in [6, 6.07) is 1.60. The quantitative estimate of drug-likeness (QED) is 0.653. The Balaban J connectivity index is 1.40. The van der Waals surface area contributed by atoms with Crippen LogP contribution in [0.15, 0.2) is 22.4 Å². The van der Waals surface area contributed by atoms with Crippen LogP contribution < -0.4 is 5.56 Å². The molecule has 0 atom stereocenters. The van der Waals surface area contributed by atoms with Crippen molar-refractivity contribution in [2.45, 2.75) is 33.2 Å². The number of amides is 1. The lowest BCUT2D eigenvalue weighted by Gasteiger charge is -2.34. The standard InChI is InChI=1S/C19H23N5O2S2/c1-12(2)17-20-13(3)16(28-17)18(26)23-6-4-22(5-7-23)11-14-10-15(25)24-8-9-27-19(24)21-14/h8-10,12H,4-7,11H2,1-3H3. The molecule has 4 heterocycles. The Morgan fingerprint density at radius 1 is 1.21 bits per heavy atom. The molecule has 1 aliphatic heterocycles. The van der Waals surface area contributed by atoms with Crippen LogP contribution in [0.3, 0.4) is 0 Å². The van der Waals surface area contributed by atoms with Gasteiger partial charge in [-0.05, 0) is 6.92 Å². The highest BCUT2D eigenvalue weighted by Gasteiger charge is 2.26. The lowest BCUT2D eigenvalue weighted by Crippen LogP contribution is -2.48. The van der Waals surface area contributed by atoms with Gasteiger partial charge in [-0.25, -0.2) is 9.97 Å². The van der Waals surface area contributed by atoms with E-state index in [0.717, 1.165) is 39.3 Å². The number of piperazine rings is 1. The molecule has 9 heteroatoms. The summed E-state index contributed by atoms with van der Waals surface area (Å²) in [5, 5.41) is 2.88. The fourth-order valence-corrected chi connectivity index (χ4v) is 5.09. The van der Waals surface area contributed by atoms with Crippen LogP contribution in [0, 0.1) is 6.92 Å². The summed E-state index contributed by atoms with van der Waals surface area (Å²) < 4.78 is 1.56. The second-order valence-corrected chi connectivity index (χ2v) is 9.23. The largest absolute Gasteiger partial charge is 0.335 e. The van der Waals surface area contributed by atoms with E-state index in [1.165, 1.54) is 22.7 Å². The third-order valence-corrected chi connectivity index (χ3v) is 7.11. The zero-order valence-corrected chi connectivity index (χ0v) is 17.8. The van der Waals surface area contributed by atoms with Crippen molar-refractivity contribution in [2.24, 2.45) is 0 Å². The van der Waals surface area contributed by atoms with Crippen LogP contribution in [-0.2, 0) is 6.54 Å². The van der Waals surface area contributed by atoms with Crippen LogP contribution in [0.1, 0.15) is 45.8 Å². The summed E-state index contributed by atoms with van der Waals surface area (Å²) in [5.41, 5.74) is 1.57. The van der Waals surface area contributed by atoms with Crippen molar-refractivity contribution in [1.82, 2.24) is 24.2 Å². The fraction of sp³-hybridized carbons (Fsp3) is 0.474. The number of aromatic nitrogens is 3. The van der Waals surface area contributed by atoms with Crippen LogP contribution >= 0.6 is 22.7 Å². The molecule has 0 spiro atoms. The highest BCUT2D eigenvalue weighted by Crippen LogP contribution is 2.26. The fourth-order valence-electron chi connectivity index (χ4n) is 3.31. The van der Waals surface area contributed by atoms with E-state index in [4.69, 9.17) is 0 Å². The van der Waals surface area contributed by atoms with Gasteiger partial charge in [-0.15, -0.1) is 22.7 Å². The summed E-state index contributed by atoms with van der Waals surface area (Å²) >= 11 is 2.98. The number of thiazole rings is 2. The molecule has 1 aliphatic rings. The van der Waals surface area contributed by atoms with Crippen LogP contribution in [-0.4, -0.2) is 56.3 Å². The zero-order valence-electron chi connectivity index (χ0n) is 16.2. The number of aryl methyl sites for hydroxylation is 1. The Hall–Kier alpha value is -2.10. The number of rotatable bonds is 4. The molecule has 3 aromatic rings. The maximum Gasteiger partial charge on any atom is 0.265 e. The predicted octanol–water partition coefficient (Wildman–Crippen LogP) is 2.60. The smallest absolute Gasteiger partial charge is 0.265 e. The predicted molar refractivity (Wildman–Crippen MR) is 111 cm³/mol. The van der Waals surface area contributed by atoms with E-state index in [2.05, 4.69) is 28.7 Å². The Kier molecular flexibility index (Phi) is 5.31. The van der Waals surface area contributed by atoms with Crippen molar-refractivity contribution in [3.8, 4) is 0 Å². The Labute approximate surface area is 171 Å². The molecule has 4 rings (SSSR count). The molecular weight excluding hydrogens is 394 g/mol. The second kappa shape index (κ2) is 7.73. The molecule has 1 saturated heterocycles. The van der Waals surface area contributed by atoms with Crippen molar-refractivity contribution < 1.29 is 4.79 Å². The summed E-state index contributed by atoms with van der Waals surface area (Å²) in [4.78, 5) is 39.8. The maximum absolute atomic E-state index is 12.9. The van der Waals surface area contributed by atoms with Crippen molar-refractivity contribution in [3.63, 3.8) is 0 Å². The van der Waals surface area contributed by atoms with Crippen molar-refractivity contribution in [1.29, 1.82) is 0 Å². The Bertz CT molecular complexity index is 1060. The minimum atomic E-state index is -0.0447. The normalized spacial score (nSPS) is 15.6. The monoisotopic (exact) mass is 417 g/mol. The molecule has 0 unspecified atom stereocenters. The van der Waals surface area contributed by atoms with Crippen LogP contribution in [0.4, 0.5) is 0 Å². The van der Waals surface area contributed by atoms with Crippen molar-refractivity contribution in [3.05, 3.63) is 49.3 Å². The number of carbonyl (C=O) groups is 1. The average Bonchev–Trinajstić information content (AvgIpc) is 3.29. The second-order valence-electron chi connectivity index (χ2n) is 7.33. The molecule has 0 N–H and O–H groups in total. The summed E-state index contributed by atoms with van der Waals surface area (Å²) in [7, 11) is 0. The molecule has 1 fully saturated rings. The maximum atomic E-state index is 12.9. The summed E-state index contributed by atoms with van der Waals surface area (Å²) in [6.07, 6.45) is 1.75. The first-order valence-corrected chi connectivity index (χ1v) is 11.1. The van der Waals surface area contributed by atoms with Gasteiger partial charge in [0.2, 0.25) is 0 Å². The molecule has 1 amide bonds. The lowest BCUT2D eigenvalue weighted by atomic mass is 10.2. The lowest BCUT2D eigenvalue weighted by molar-refractivity contribution is 0.0631. The van der Waals surface area contributed by atoms with E-state index in [-0.39, 0.29) is 11.5 Å². The van der Waals surface area contributed by atoms with Gasteiger partial charge in [0, 0.05) is 56.3 Å². The molecule has 0 saturated carbocycles. The number of fused-ring (bicyclic) bond motifs is 1. The van der Waals surface area contributed by atoms with E-state index in [0.29, 0.717) is 25.6 Å². The van der Waals surface area contributed by atoms with Crippen LogP contribution in [0.5, 0.6) is 0 Å². The highest BCUT2D eigenvalue weighted by atomic mass is 32.1. The summed E-state index contributed by atoms with van der Waals surface area (Å²) in [6.45, 7) is 9.62. The molecule has 7 nitrogen and oxygen atoms in total. The van der Waals surface area contributed by atoms with Crippen LogP contribution in [0.25, 0.3) is 4.96 Å². The van der Waals surface area contributed by atoms with Gasteiger partial charge in [-0.1, -0.05) is 13.8 Å². The highest BCUT2D eigenvalue weighted by molar-refractivity contribution is 7.15. The van der Waals surface area contributed by atoms with E-state index >= 15 is 0 Å². The van der Waals surface area contributed by atoms with Gasteiger partial charge >= 0.3 is 0 Å². The van der Waals surface area contributed by atoms with E-state index < -0.39 is 0 Å². The molecule has 0 bridgehead atoms. The van der Waals surface area contributed by atoms with Gasteiger partial charge in [-0.2, -0.15) is 0 Å². The van der Waals surface area contributed by atoms with Crippen molar-refractivity contribution in [2.75, 3.05) is 26.2 Å². The van der Waals surface area contributed by atoms with Gasteiger partial charge in [0.15, 0.2) is 4.96 Å². The average molecular weight is 418 g/mol. The third-order valence-electron chi connectivity index (χ3n) is 4.90. The number of hydrogen-bond donors (Lipinski definition) is 0. The minimum Gasteiger partial charge on any atom is -0.335 e. The first-order valence-electron chi connectivity index (χ1n) is 9.37. The molecule has 0 radical (unpaired) electrons. The third kappa shape index (κ3) is 3.74. The van der Waals surface area contributed by atoms with Gasteiger partial charge in [-0.3, -0.25) is 18.9 Å². The first-order chi connectivity index (χ1) is 13.4. The zero-order chi connectivity index (χ0) is 19.8. The van der Waals surface area contributed by atoms with Gasteiger partial charge in [0.05, 0.1) is 16.4 Å². The molecule has 28 heavy (non-hydrogen) atoms. The Morgan fingerprint density at radius 3 is 2.64 bits per heavy atom. The molecule has 148 valence electrons. The molecule has 0 aromatic carbocycles. The SMILES string of the molecule is Cc1nc(C(C)C)sc1C(=O)N1CCN(Cc2cc(=O)n3ccsc3n2)CC1. The van der Waals surface area contributed by atoms with Crippen molar-refractivity contribution >= 4 is 33.5 Å². The van der Waals surface area contributed by atoms with Crippen LogP contribution in [0.2, 0.25) is 0 Å². The molecule has 0 aliphatic carbocycles. The van der Waals surface area contributed by atoms with E-state index in [9.17, 15) is 9.59 Å². The summed E-state index contributed by atoms with van der Waals surface area (Å²) in [5.74, 6) is 0.414.